The Kier molecular flexibility index (Phi) is 4.12. The van der Waals surface area contributed by atoms with Crippen molar-refractivity contribution in [2.45, 2.75) is 18.9 Å². The molecule has 1 aromatic carbocycles. The zero-order chi connectivity index (χ0) is 12.1. The van der Waals surface area contributed by atoms with E-state index in [0.29, 0.717) is 13.2 Å². The second kappa shape index (κ2) is 5.80. The van der Waals surface area contributed by atoms with Gasteiger partial charge in [-0.25, -0.2) is 0 Å². The molecule has 0 saturated carbocycles. The van der Waals surface area contributed by atoms with E-state index in [1.165, 1.54) is 0 Å². The van der Waals surface area contributed by atoms with Gasteiger partial charge in [-0.3, -0.25) is 4.79 Å². The van der Waals surface area contributed by atoms with Gasteiger partial charge < -0.3 is 15.8 Å². The number of hydrogen-bond donors (Lipinski definition) is 2. The number of benzene rings is 1. The van der Waals surface area contributed by atoms with Crippen molar-refractivity contribution in [3.8, 4) is 0 Å². The molecule has 1 aromatic rings. The summed E-state index contributed by atoms with van der Waals surface area (Å²) in [5.74, 6) is -0.0236. The second-order valence-corrected chi connectivity index (χ2v) is 4.23. The molecule has 1 unspecified atom stereocenters. The van der Waals surface area contributed by atoms with Crippen molar-refractivity contribution in [1.29, 1.82) is 0 Å². The summed E-state index contributed by atoms with van der Waals surface area (Å²) < 4.78 is 5.24. The van der Waals surface area contributed by atoms with Gasteiger partial charge in [0.1, 0.15) is 0 Å². The molecule has 92 valence electrons. The van der Waals surface area contributed by atoms with Crippen LogP contribution in [0, 0.1) is 0 Å². The number of rotatable bonds is 4. The van der Waals surface area contributed by atoms with E-state index in [2.05, 4.69) is 5.32 Å². The van der Waals surface area contributed by atoms with E-state index in [1.807, 2.05) is 24.3 Å². The van der Waals surface area contributed by atoms with Crippen molar-refractivity contribution < 1.29 is 9.53 Å². The smallest absolute Gasteiger partial charge is 0.251 e. The minimum Gasteiger partial charge on any atom is -0.379 e. The summed E-state index contributed by atoms with van der Waals surface area (Å²) in [6, 6.07) is 7.75. The molecule has 1 aliphatic heterocycles. The SMILES string of the molecule is NCCc1ccccc1C(=O)NC1CCOC1. The zero-order valence-corrected chi connectivity index (χ0v) is 9.82. The number of carbonyl (C=O) groups excluding carboxylic acids is 1. The van der Waals surface area contributed by atoms with Crippen molar-refractivity contribution >= 4 is 5.91 Å². The second-order valence-electron chi connectivity index (χ2n) is 4.23. The maximum absolute atomic E-state index is 12.1. The average molecular weight is 234 g/mol. The molecule has 4 nitrogen and oxygen atoms in total. The predicted octanol–water partition coefficient (Wildman–Crippen LogP) is 0.706. The fourth-order valence-corrected chi connectivity index (χ4v) is 2.03. The van der Waals surface area contributed by atoms with Gasteiger partial charge in [-0.05, 0) is 31.0 Å². The molecule has 1 heterocycles. The first kappa shape index (κ1) is 12.1. The van der Waals surface area contributed by atoms with E-state index >= 15 is 0 Å². The minimum atomic E-state index is -0.0236. The normalized spacial score (nSPS) is 19.2. The van der Waals surface area contributed by atoms with Crippen LogP contribution in [-0.4, -0.2) is 31.7 Å². The first-order chi connectivity index (χ1) is 8.31. The van der Waals surface area contributed by atoms with E-state index < -0.39 is 0 Å². The summed E-state index contributed by atoms with van der Waals surface area (Å²) in [5.41, 5.74) is 7.27. The van der Waals surface area contributed by atoms with Crippen LogP contribution >= 0.6 is 0 Å². The molecule has 0 radical (unpaired) electrons. The molecule has 0 aliphatic carbocycles. The van der Waals surface area contributed by atoms with Gasteiger partial charge in [0.15, 0.2) is 0 Å². The van der Waals surface area contributed by atoms with Crippen LogP contribution in [0.3, 0.4) is 0 Å². The van der Waals surface area contributed by atoms with Crippen molar-refractivity contribution in [3.63, 3.8) is 0 Å². The average Bonchev–Trinajstić information content (AvgIpc) is 2.83. The monoisotopic (exact) mass is 234 g/mol. The van der Waals surface area contributed by atoms with Crippen molar-refractivity contribution in [3.05, 3.63) is 35.4 Å². The summed E-state index contributed by atoms with van der Waals surface area (Å²) >= 11 is 0. The molecule has 1 aliphatic rings. The van der Waals surface area contributed by atoms with Crippen LogP contribution in [0.4, 0.5) is 0 Å². The molecular formula is C13H18N2O2. The van der Waals surface area contributed by atoms with E-state index in [4.69, 9.17) is 10.5 Å². The Morgan fingerprint density at radius 3 is 3.00 bits per heavy atom. The highest BCUT2D eigenvalue weighted by Crippen LogP contribution is 2.11. The lowest BCUT2D eigenvalue weighted by molar-refractivity contribution is 0.0929. The number of hydrogen-bond acceptors (Lipinski definition) is 3. The zero-order valence-electron chi connectivity index (χ0n) is 9.82. The Labute approximate surface area is 101 Å². The lowest BCUT2D eigenvalue weighted by Crippen LogP contribution is -2.35. The van der Waals surface area contributed by atoms with Gasteiger partial charge in [-0.2, -0.15) is 0 Å². The summed E-state index contributed by atoms with van der Waals surface area (Å²) in [4.78, 5) is 12.1. The molecule has 4 heteroatoms. The lowest BCUT2D eigenvalue weighted by atomic mass is 10.0. The quantitative estimate of drug-likeness (QED) is 0.806. The first-order valence-corrected chi connectivity index (χ1v) is 5.98. The maximum atomic E-state index is 12.1. The number of carbonyl (C=O) groups is 1. The molecule has 0 aromatic heterocycles. The third kappa shape index (κ3) is 3.05. The van der Waals surface area contributed by atoms with Gasteiger partial charge in [-0.1, -0.05) is 18.2 Å². The predicted molar refractivity (Wildman–Crippen MR) is 65.9 cm³/mol. The van der Waals surface area contributed by atoms with Gasteiger partial charge >= 0.3 is 0 Å². The number of ether oxygens (including phenoxy) is 1. The Morgan fingerprint density at radius 2 is 2.29 bits per heavy atom. The summed E-state index contributed by atoms with van der Waals surface area (Å²) in [5, 5.41) is 2.99. The lowest BCUT2D eigenvalue weighted by Gasteiger charge is -2.13. The van der Waals surface area contributed by atoms with Crippen LogP contribution in [0.15, 0.2) is 24.3 Å². The molecule has 1 saturated heterocycles. The highest BCUT2D eigenvalue weighted by Gasteiger charge is 2.19. The van der Waals surface area contributed by atoms with Crippen LogP contribution in [0.5, 0.6) is 0 Å². The third-order valence-electron chi connectivity index (χ3n) is 2.94. The summed E-state index contributed by atoms with van der Waals surface area (Å²) in [7, 11) is 0. The topological polar surface area (TPSA) is 64.4 Å². The number of nitrogens with one attached hydrogen (secondary N) is 1. The Morgan fingerprint density at radius 1 is 1.47 bits per heavy atom. The highest BCUT2D eigenvalue weighted by atomic mass is 16.5. The van der Waals surface area contributed by atoms with Crippen LogP contribution < -0.4 is 11.1 Å². The molecule has 0 bridgehead atoms. The van der Waals surface area contributed by atoms with Gasteiger partial charge in [0.25, 0.3) is 5.91 Å². The standard InChI is InChI=1S/C13H18N2O2/c14-7-5-10-3-1-2-4-12(10)13(16)15-11-6-8-17-9-11/h1-4,11H,5-9,14H2,(H,15,16). The highest BCUT2D eigenvalue weighted by molar-refractivity contribution is 5.95. The van der Waals surface area contributed by atoms with Crippen LogP contribution in [0.2, 0.25) is 0 Å². The number of nitrogens with two attached hydrogens (primary N) is 1. The molecule has 0 spiro atoms. The van der Waals surface area contributed by atoms with Gasteiger partial charge in [0.05, 0.1) is 12.6 Å². The van der Waals surface area contributed by atoms with Crippen molar-refractivity contribution in [2.24, 2.45) is 5.73 Å². The molecular weight excluding hydrogens is 216 g/mol. The fourth-order valence-electron chi connectivity index (χ4n) is 2.03. The van der Waals surface area contributed by atoms with Gasteiger partial charge in [-0.15, -0.1) is 0 Å². The van der Waals surface area contributed by atoms with Gasteiger partial charge in [0.2, 0.25) is 0 Å². The molecule has 1 atom stereocenters. The Bertz CT molecular complexity index is 387. The van der Waals surface area contributed by atoms with E-state index in [9.17, 15) is 4.79 Å². The van der Waals surface area contributed by atoms with Crippen LogP contribution in [-0.2, 0) is 11.2 Å². The third-order valence-corrected chi connectivity index (χ3v) is 2.94. The molecule has 2 rings (SSSR count). The molecule has 1 amide bonds. The van der Waals surface area contributed by atoms with Gasteiger partial charge in [0, 0.05) is 12.2 Å². The summed E-state index contributed by atoms with van der Waals surface area (Å²) in [6.45, 7) is 1.90. The molecule has 17 heavy (non-hydrogen) atoms. The van der Waals surface area contributed by atoms with Crippen molar-refractivity contribution in [1.82, 2.24) is 5.32 Å². The first-order valence-electron chi connectivity index (χ1n) is 5.98. The van der Waals surface area contributed by atoms with Crippen molar-refractivity contribution in [2.75, 3.05) is 19.8 Å². The minimum absolute atomic E-state index is 0.0236. The van der Waals surface area contributed by atoms with Crippen LogP contribution in [0.25, 0.3) is 0 Å². The van der Waals surface area contributed by atoms with E-state index in [0.717, 1.165) is 30.6 Å². The van der Waals surface area contributed by atoms with E-state index in [1.54, 1.807) is 0 Å². The molecule has 1 fully saturated rings. The summed E-state index contributed by atoms with van der Waals surface area (Å²) in [6.07, 6.45) is 1.62. The molecule has 3 N–H and O–H groups in total. The number of amides is 1. The van der Waals surface area contributed by atoms with Crippen LogP contribution in [0.1, 0.15) is 22.3 Å². The van der Waals surface area contributed by atoms with E-state index in [-0.39, 0.29) is 11.9 Å². The maximum Gasteiger partial charge on any atom is 0.251 e. The Hall–Kier alpha value is -1.39. The fraction of sp³-hybridized carbons (Fsp3) is 0.462. The largest absolute Gasteiger partial charge is 0.379 e. The Balaban J connectivity index is 2.06.